The smallest absolute Gasteiger partial charge is 0.191 e. The number of ether oxygens (including phenoxy) is 1. The van der Waals surface area contributed by atoms with Crippen molar-refractivity contribution in [1.82, 2.24) is 10.6 Å². The van der Waals surface area contributed by atoms with Crippen LogP contribution in [-0.2, 0) is 6.42 Å². The van der Waals surface area contributed by atoms with Gasteiger partial charge in [0.25, 0.3) is 0 Å². The summed E-state index contributed by atoms with van der Waals surface area (Å²) in [6, 6.07) is 18.4. The van der Waals surface area contributed by atoms with Crippen LogP contribution in [0.1, 0.15) is 18.9 Å². The van der Waals surface area contributed by atoms with Crippen LogP contribution in [0, 0.1) is 0 Å². The Morgan fingerprint density at radius 1 is 1.20 bits per heavy atom. The normalized spacial score (nSPS) is 17.2. The molecule has 7 heteroatoms. The van der Waals surface area contributed by atoms with Crippen LogP contribution in [0.15, 0.2) is 59.6 Å². The van der Waals surface area contributed by atoms with E-state index < -0.39 is 6.10 Å². The quantitative estimate of drug-likeness (QED) is 0.282. The first-order valence-electron chi connectivity index (χ1n) is 10.3. The number of aliphatic imine (C=N–C) groups is 1. The van der Waals surface area contributed by atoms with Crippen LogP contribution < -0.4 is 20.3 Å². The molecule has 1 aliphatic rings. The number of hydrogen-bond donors (Lipinski definition) is 3. The van der Waals surface area contributed by atoms with Crippen LogP contribution in [0.4, 0.5) is 5.69 Å². The molecule has 30 heavy (non-hydrogen) atoms. The number of para-hydroxylation sites is 2. The van der Waals surface area contributed by atoms with E-state index in [1.165, 1.54) is 0 Å². The highest BCUT2D eigenvalue weighted by Crippen LogP contribution is 2.30. The molecule has 1 saturated heterocycles. The summed E-state index contributed by atoms with van der Waals surface area (Å²) in [5.41, 5.74) is 2.25. The van der Waals surface area contributed by atoms with E-state index in [1.54, 1.807) is 7.11 Å². The van der Waals surface area contributed by atoms with E-state index in [0.717, 1.165) is 49.0 Å². The van der Waals surface area contributed by atoms with Crippen molar-refractivity contribution in [2.75, 3.05) is 38.2 Å². The van der Waals surface area contributed by atoms with Gasteiger partial charge in [-0.3, -0.25) is 4.99 Å². The van der Waals surface area contributed by atoms with E-state index in [1.807, 2.05) is 55.5 Å². The fourth-order valence-electron chi connectivity index (χ4n) is 3.65. The number of nitrogens with zero attached hydrogens (tertiary/aromatic N) is 2. The van der Waals surface area contributed by atoms with Crippen LogP contribution in [0.5, 0.6) is 5.75 Å². The number of guanidine groups is 1. The van der Waals surface area contributed by atoms with Crippen LogP contribution in [-0.4, -0.2) is 56.5 Å². The van der Waals surface area contributed by atoms with Crippen LogP contribution in [0.2, 0.25) is 0 Å². The van der Waals surface area contributed by atoms with Crippen molar-refractivity contribution in [2.24, 2.45) is 4.99 Å². The van der Waals surface area contributed by atoms with E-state index in [9.17, 15) is 5.11 Å². The SMILES string of the molecule is CCNC(=NCC(O)Cc1ccccc1)NC1CCN(c2ccccc2OC)C1.I. The van der Waals surface area contributed by atoms with Gasteiger partial charge in [0.2, 0.25) is 0 Å². The first kappa shape index (κ1) is 24.3. The Bertz CT molecular complexity index is 788. The van der Waals surface area contributed by atoms with Gasteiger partial charge in [-0.2, -0.15) is 0 Å². The van der Waals surface area contributed by atoms with Gasteiger partial charge in [-0.05, 0) is 31.0 Å². The maximum Gasteiger partial charge on any atom is 0.191 e. The zero-order chi connectivity index (χ0) is 20.5. The minimum Gasteiger partial charge on any atom is -0.495 e. The van der Waals surface area contributed by atoms with Gasteiger partial charge in [0.1, 0.15) is 5.75 Å². The molecule has 0 aliphatic carbocycles. The number of anilines is 1. The number of rotatable bonds is 8. The molecule has 3 N–H and O–H groups in total. The molecular formula is C23H33IN4O2. The predicted octanol–water partition coefficient (Wildman–Crippen LogP) is 3.05. The highest BCUT2D eigenvalue weighted by atomic mass is 127. The van der Waals surface area contributed by atoms with Crippen molar-refractivity contribution >= 4 is 35.6 Å². The average Bonchev–Trinajstić information content (AvgIpc) is 3.21. The highest BCUT2D eigenvalue weighted by molar-refractivity contribution is 14.0. The zero-order valence-corrected chi connectivity index (χ0v) is 20.1. The molecule has 0 saturated carbocycles. The van der Waals surface area contributed by atoms with E-state index in [2.05, 4.69) is 26.6 Å². The zero-order valence-electron chi connectivity index (χ0n) is 17.8. The Kier molecular flexibility index (Phi) is 10.2. The van der Waals surface area contributed by atoms with E-state index >= 15 is 0 Å². The van der Waals surface area contributed by atoms with E-state index in [0.29, 0.717) is 19.0 Å². The fraction of sp³-hybridized carbons (Fsp3) is 0.435. The van der Waals surface area contributed by atoms with Gasteiger partial charge in [0.05, 0.1) is 25.4 Å². The number of nitrogens with one attached hydrogen (secondary N) is 2. The van der Waals surface area contributed by atoms with E-state index in [-0.39, 0.29) is 24.0 Å². The Balaban J connectivity index is 0.00000320. The molecule has 3 rings (SSSR count). The summed E-state index contributed by atoms with van der Waals surface area (Å²) >= 11 is 0. The topological polar surface area (TPSA) is 69.1 Å². The van der Waals surface area contributed by atoms with Gasteiger partial charge < -0.3 is 25.4 Å². The third kappa shape index (κ3) is 7.05. The molecule has 2 aromatic rings. The van der Waals surface area contributed by atoms with Gasteiger partial charge >= 0.3 is 0 Å². The lowest BCUT2D eigenvalue weighted by molar-refractivity contribution is 0.183. The monoisotopic (exact) mass is 524 g/mol. The molecule has 2 aromatic carbocycles. The summed E-state index contributed by atoms with van der Waals surface area (Å²) < 4.78 is 5.50. The van der Waals surface area contributed by atoms with Crippen LogP contribution >= 0.6 is 24.0 Å². The van der Waals surface area contributed by atoms with Crippen molar-refractivity contribution in [2.45, 2.75) is 31.9 Å². The molecule has 2 unspecified atom stereocenters. The number of halogens is 1. The minimum atomic E-state index is -0.499. The summed E-state index contributed by atoms with van der Waals surface area (Å²) in [4.78, 5) is 6.94. The second-order valence-corrected chi connectivity index (χ2v) is 7.31. The van der Waals surface area contributed by atoms with Crippen molar-refractivity contribution in [3.05, 3.63) is 60.2 Å². The molecule has 2 atom stereocenters. The molecule has 1 aliphatic heterocycles. The maximum atomic E-state index is 10.3. The first-order valence-corrected chi connectivity index (χ1v) is 10.3. The van der Waals surface area contributed by atoms with Crippen molar-refractivity contribution in [1.29, 1.82) is 0 Å². The average molecular weight is 524 g/mol. The number of hydrogen-bond acceptors (Lipinski definition) is 4. The van der Waals surface area contributed by atoms with Crippen molar-refractivity contribution in [3.63, 3.8) is 0 Å². The second-order valence-electron chi connectivity index (χ2n) is 7.31. The van der Waals surface area contributed by atoms with Gasteiger partial charge in [0.15, 0.2) is 5.96 Å². The Morgan fingerprint density at radius 3 is 2.67 bits per heavy atom. The standard InChI is InChI=1S/C23H32N4O2.HI/c1-3-24-23(25-16-20(28)15-18-9-5-4-6-10-18)26-19-13-14-27(17-19)21-11-7-8-12-22(21)29-2;/h4-12,19-20,28H,3,13-17H2,1-2H3,(H2,24,25,26);1H. The lowest BCUT2D eigenvalue weighted by atomic mass is 10.1. The predicted molar refractivity (Wildman–Crippen MR) is 134 cm³/mol. The largest absolute Gasteiger partial charge is 0.495 e. The van der Waals surface area contributed by atoms with E-state index in [4.69, 9.17) is 4.74 Å². The number of methoxy groups -OCH3 is 1. The third-order valence-corrected chi connectivity index (χ3v) is 5.07. The van der Waals surface area contributed by atoms with Gasteiger partial charge in [-0.25, -0.2) is 0 Å². The number of aliphatic hydroxyl groups excluding tert-OH is 1. The Morgan fingerprint density at radius 2 is 1.93 bits per heavy atom. The maximum absolute atomic E-state index is 10.3. The summed E-state index contributed by atoms with van der Waals surface area (Å²) in [5, 5.41) is 17.2. The number of benzene rings is 2. The molecule has 0 spiro atoms. The third-order valence-electron chi connectivity index (χ3n) is 5.07. The van der Waals surface area contributed by atoms with Gasteiger partial charge in [-0.15, -0.1) is 24.0 Å². The Hall–Kier alpha value is -2.00. The molecule has 0 aromatic heterocycles. The van der Waals surface area contributed by atoms with Crippen molar-refractivity contribution in [3.8, 4) is 5.75 Å². The lowest BCUT2D eigenvalue weighted by Crippen LogP contribution is -2.45. The molecule has 0 bridgehead atoms. The first-order chi connectivity index (χ1) is 14.2. The molecule has 6 nitrogen and oxygen atoms in total. The van der Waals surface area contributed by atoms with Crippen LogP contribution in [0.25, 0.3) is 0 Å². The highest BCUT2D eigenvalue weighted by Gasteiger charge is 2.25. The summed E-state index contributed by atoms with van der Waals surface area (Å²) in [5.74, 6) is 1.66. The molecular weight excluding hydrogens is 491 g/mol. The van der Waals surface area contributed by atoms with Gasteiger partial charge in [-0.1, -0.05) is 42.5 Å². The minimum absolute atomic E-state index is 0. The van der Waals surface area contributed by atoms with Crippen LogP contribution in [0.3, 0.4) is 0 Å². The summed E-state index contributed by atoms with van der Waals surface area (Å²) in [7, 11) is 1.71. The molecule has 1 heterocycles. The fourth-order valence-corrected chi connectivity index (χ4v) is 3.65. The molecule has 164 valence electrons. The van der Waals surface area contributed by atoms with Crippen molar-refractivity contribution < 1.29 is 9.84 Å². The summed E-state index contributed by atoms with van der Waals surface area (Å²) in [6.45, 7) is 5.05. The summed E-state index contributed by atoms with van der Waals surface area (Å²) in [6.07, 6.45) is 1.13. The Labute approximate surface area is 196 Å². The van der Waals surface area contributed by atoms with Gasteiger partial charge in [0, 0.05) is 32.1 Å². The molecule has 0 amide bonds. The number of aliphatic hydroxyl groups is 1. The molecule has 1 fully saturated rings. The lowest BCUT2D eigenvalue weighted by Gasteiger charge is -2.22. The second kappa shape index (κ2) is 12.6. The molecule has 0 radical (unpaired) electrons.